The predicted molar refractivity (Wildman–Crippen MR) is 132 cm³/mol. The second-order valence-electron chi connectivity index (χ2n) is 7.83. The lowest BCUT2D eigenvalue weighted by Crippen LogP contribution is -2.39. The first-order chi connectivity index (χ1) is 17.0. The van der Waals surface area contributed by atoms with Crippen LogP contribution in [0.25, 0.3) is 0 Å². The summed E-state index contributed by atoms with van der Waals surface area (Å²) in [6.45, 7) is 3.28. The van der Waals surface area contributed by atoms with Gasteiger partial charge in [0.1, 0.15) is 24.7 Å². The van der Waals surface area contributed by atoms with Crippen molar-refractivity contribution in [2.75, 3.05) is 31.6 Å². The van der Waals surface area contributed by atoms with Crippen molar-refractivity contribution >= 4 is 35.3 Å². The van der Waals surface area contributed by atoms with Gasteiger partial charge in [-0.3, -0.25) is 24.6 Å². The van der Waals surface area contributed by atoms with Gasteiger partial charge in [-0.2, -0.15) is 0 Å². The van der Waals surface area contributed by atoms with Gasteiger partial charge in [-0.15, -0.1) is 0 Å². The molecule has 2 amide bonds. The summed E-state index contributed by atoms with van der Waals surface area (Å²) in [5.74, 6) is -1.38. The molecule has 11 nitrogen and oxygen atoms in total. The molecule has 0 unspecified atom stereocenters. The van der Waals surface area contributed by atoms with Gasteiger partial charge in [-0.1, -0.05) is 24.3 Å². The molecule has 11 heteroatoms. The van der Waals surface area contributed by atoms with E-state index in [-0.39, 0.29) is 50.4 Å². The van der Waals surface area contributed by atoms with Crippen LogP contribution in [-0.4, -0.2) is 66.3 Å². The molecule has 1 aliphatic heterocycles. The summed E-state index contributed by atoms with van der Waals surface area (Å²) in [4.78, 5) is 49.2. The lowest BCUT2D eigenvalue weighted by molar-refractivity contribution is -0.143. The summed E-state index contributed by atoms with van der Waals surface area (Å²) in [6.07, 6.45) is 0.0123. The zero-order valence-electron chi connectivity index (χ0n) is 20.4. The topological polar surface area (TPSA) is 163 Å². The maximum absolute atomic E-state index is 13.1. The summed E-state index contributed by atoms with van der Waals surface area (Å²) >= 11 is 0. The van der Waals surface area contributed by atoms with Crippen LogP contribution < -0.4 is 15.4 Å². The molecule has 0 fully saturated rings. The Morgan fingerprint density at radius 3 is 2.36 bits per heavy atom. The largest absolute Gasteiger partial charge is 0.489 e. The Balaban J connectivity index is 0.00000106. The van der Waals surface area contributed by atoms with Crippen LogP contribution in [0.2, 0.25) is 0 Å². The highest BCUT2D eigenvalue weighted by Crippen LogP contribution is 2.29. The number of nitrogens with two attached hydrogens (primary N) is 1. The average Bonchev–Trinajstić information content (AvgIpc) is 2.92. The Bertz CT molecular complexity index is 1130. The first kappa shape index (κ1) is 27.8. The van der Waals surface area contributed by atoms with Crippen LogP contribution in [0, 0.1) is 5.41 Å². The van der Waals surface area contributed by atoms with E-state index in [0.717, 1.165) is 12.5 Å². The van der Waals surface area contributed by atoms with E-state index < -0.39 is 11.9 Å². The summed E-state index contributed by atoms with van der Waals surface area (Å²) in [5, 5.41) is 14.9. The number of likely N-dealkylation sites (N-methyl/N-ethyl adjacent to an activating group) is 1. The quantitative estimate of drug-likeness (QED) is 0.283. The van der Waals surface area contributed by atoms with Crippen molar-refractivity contribution in [3.05, 3.63) is 59.2 Å². The maximum Gasteiger partial charge on any atom is 0.307 e. The molecule has 0 aromatic heterocycles. The fraction of sp³-hybridized carbons (Fsp3) is 0.320. The van der Waals surface area contributed by atoms with Gasteiger partial charge in [0.15, 0.2) is 0 Å². The van der Waals surface area contributed by atoms with Crippen LogP contribution >= 0.6 is 0 Å². The van der Waals surface area contributed by atoms with Gasteiger partial charge < -0.3 is 30.1 Å². The van der Waals surface area contributed by atoms with Crippen LogP contribution in [0.4, 0.5) is 5.69 Å². The van der Waals surface area contributed by atoms with Crippen molar-refractivity contribution in [3.8, 4) is 5.75 Å². The number of esters is 1. The molecule has 0 saturated carbocycles. The highest BCUT2D eigenvalue weighted by molar-refractivity contribution is 6.09. The molecule has 36 heavy (non-hydrogen) atoms. The van der Waals surface area contributed by atoms with E-state index in [1.54, 1.807) is 44.3 Å². The van der Waals surface area contributed by atoms with E-state index in [4.69, 9.17) is 30.5 Å². The van der Waals surface area contributed by atoms with Crippen molar-refractivity contribution in [1.29, 1.82) is 5.41 Å². The Kier molecular flexibility index (Phi) is 9.96. The summed E-state index contributed by atoms with van der Waals surface area (Å²) in [5.41, 5.74) is 7.78. The number of aliphatic carboxylic acids is 1. The molecule has 0 bridgehead atoms. The Hall–Kier alpha value is -4.41. The number of amidine groups is 1. The van der Waals surface area contributed by atoms with Crippen molar-refractivity contribution in [2.24, 2.45) is 5.73 Å². The summed E-state index contributed by atoms with van der Waals surface area (Å²) in [7, 11) is 1.61. The third-order valence-electron chi connectivity index (χ3n) is 5.11. The molecule has 4 N–H and O–H groups in total. The Morgan fingerprint density at radius 1 is 1.14 bits per heavy atom. The molecule has 0 atom stereocenters. The number of carbonyl (C=O) groups excluding carboxylic acids is 3. The predicted octanol–water partition coefficient (Wildman–Crippen LogP) is 2.01. The molecule has 2 aromatic rings. The molecular weight excluding hydrogens is 468 g/mol. The molecule has 1 aliphatic rings. The molecule has 0 spiro atoms. The first-order valence-corrected chi connectivity index (χ1v) is 11.1. The minimum atomic E-state index is -0.833. The number of hydrogen-bond donors (Lipinski definition) is 3. The fourth-order valence-electron chi connectivity index (χ4n) is 3.30. The molecule has 2 aromatic carbocycles. The number of benzene rings is 2. The molecule has 192 valence electrons. The number of nitrogens with zero attached hydrogens (tertiary/aromatic N) is 2. The number of amides is 2. The zero-order valence-corrected chi connectivity index (χ0v) is 20.4. The van der Waals surface area contributed by atoms with Crippen molar-refractivity contribution in [3.63, 3.8) is 0 Å². The van der Waals surface area contributed by atoms with Crippen LogP contribution in [0.3, 0.4) is 0 Å². The van der Waals surface area contributed by atoms with E-state index in [1.165, 1.54) is 9.80 Å². The van der Waals surface area contributed by atoms with Gasteiger partial charge in [0.2, 0.25) is 5.91 Å². The second-order valence-corrected chi connectivity index (χ2v) is 7.83. The van der Waals surface area contributed by atoms with Gasteiger partial charge in [-0.25, -0.2) is 0 Å². The third kappa shape index (κ3) is 7.83. The number of carboxylic acid groups (broad SMARTS) is 1. The smallest absolute Gasteiger partial charge is 0.307 e. The number of anilines is 1. The first-order valence-electron chi connectivity index (χ1n) is 11.1. The standard InChI is InChI=1S/C23H26N4O5.C2H4O2/c1-3-31-21(29)10-11-27-13-20(28)26(2)19-9-8-17(12-18(19)23(27)30)32-14-15-4-6-16(7-5-15)22(24)25;1-2(3)4/h4-9,12H,3,10-11,13-14H2,1-2H3,(H3,24,25);1H3,(H,3,4). The van der Waals surface area contributed by atoms with Crippen LogP contribution in [-0.2, 0) is 25.7 Å². The van der Waals surface area contributed by atoms with E-state index in [1.807, 2.05) is 12.1 Å². The van der Waals surface area contributed by atoms with E-state index in [9.17, 15) is 14.4 Å². The number of hydrogen-bond acceptors (Lipinski definition) is 7. The maximum atomic E-state index is 13.1. The number of nitrogens with one attached hydrogen (secondary N) is 1. The molecular formula is C25H30N4O7. The molecule has 3 rings (SSSR count). The van der Waals surface area contributed by atoms with E-state index in [2.05, 4.69) is 0 Å². The molecule has 0 saturated heterocycles. The molecule has 0 aliphatic carbocycles. The van der Waals surface area contributed by atoms with Crippen molar-refractivity contribution in [2.45, 2.75) is 26.9 Å². The zero-order chi connectivity index (χ0) is 26.8. The van der Waals surface area contributed by atoms with Crippen LogP contribution in [0.15, 0.2) is 42.5 Å². The minimum absolute atomic E-state index is 0.00656. The number of ether oxygens (including phenoxy) is 2. The summed E-state index contributed by atoms with van der Waals surface area (Å²) < 4.78 is 10.8. The fourth-order valence-corrected chi connectivity index (χ4v) is 3.30. The Labute approximate surface area is 208 Å². The molecule has 1 heterocycles. The van der Waals surface area contributed by atoms with Gasteiger partial charge in [0.05, 0.1) is 24.3 Å². The van der Waals surface area contributed by atoms with E-state index in [0.29, 0.717) is 22.6 Å². The second kappa shape index (κ2) is 12.9. The highest BCUT2D eigenvalue weighted by atomic mass is 16.5. The highest BCUT2D eigenvalue weighted by Gasteiger charge is 2.30. The van der Waals surface area contributed by atoms with E-state index >= 15 is 0 Å². The Morgan fingerprint density at radius 2 is 1.78 bits per heavy atom. The van der Waals surface area contributed by atoms with Gasteiger partial charge >= 0.3 is 5.97 Å². The van der Waals surface area contributed by atoms with Gasteiger partial charge in [-0.05, 0) is 30.7 Å². The number of rotatable bonds is 8. The number of nitrogen functional groups attached to an aromatic ring is 1. The van der Waals surface area contributed by atoms with Gasteiger partial charge in [0, 0.05) is 26.1 Å². The average molecular weight is 499 g/mol. The lowest BCUT2D eigenvalue weighted by Gasteiger charge is -2.19. The lowest BCUT2D eigenvalue weighted by atomic mass is 10.1. The summed E-state index contributed by atoms with van der Waals surface area (Å²) in [6, 6.07) is 12.1. The number of fused-ring (bicyclic) bond motifs is 1. The van der Waals surface area contributed by atoms with Crippen LogP contribution in [0.1, 0.15) is 41.8 Å². The van der Waals surface area contributed by atoms with Gasteiger partial charge in [0.25, 0.3) is 11.9 Å². The minimum Gasteiger partial charge on any atom is -0.489 e. The van der Waals surface area contributed by atoms with Crippen LogP contribution in [0.5, 0.6) is 5.75 Å². The number of carboxylic acids is 1. The SMILES string of the molecule is CC(=O)O.CCOC(=O)CCN1CC(=O)N(C)c2ccc(OCc3ccc(C(=N)N)cc3)cc2C1=O. The normalized spacial score (nSPS) is 12.6. The number of carbonyl (C=O) groups is 4. The third-order valence-corrected chi connectivity index (χ3v) is 5.11. The molecule has 0 radical (unpaired) electrons. The van der Waals surface area contributed by atoms with Crippen molar-refractivity contribution in [1.82, 2.24) is 4.90 Å². The van der Waals surface area contributed by atoms with Crippen molar-refractivity contribution < 1.29 is 33.8 Å². The monoisotopic (exact) mass is 498 g/mol.